The number of hydrogen-bond acceptors (Lipinski definition) is 14. The van der Waals surface area contributed by atoms with Gasteiger partial charge in [-0.15, -0.1) is 0 Å². The lowest BCUT2D eigenvalue weighted by Gasteiger charge is -2.31. The van der Waals surface area contributed by atoms with E-state index in [4.69, 9.17) is 0 Å². The van der Waals surface area contributed by atoms with E-state index in [9.17, 15) is 64.8 Å². The van der Waals surface area contributed by atoms with Gasteiger partial charge in [0.1, 0.15) is 6.42 Å². The summed E-state index contributed by atoms with van der Waals surface area (Å²) in [7, 11) is 5.38. The number of hydrogen-bond donors (Lipinski definition) is 10. The van der Waals surface area contributed by atoms with Crippen LogP contribution in [0.15, 0.2) is 26.8 Å². The van der Waals surface area contributed by atoms with Crippen molar-refractivity contribution in [2.75, 3.05) is 91.0 Å². The number of nitrogens with zero attached hydrogens (tertiary/aromatic N) is 4. The molecule has 0 radical (unpaired) electrons. The van der Waals surface area contributed by atoms with Gasteiger partial charge in [0.25, 0.3) is 23.6 Å². The maximum atomic E-state index is 15.3. The summed E-state index contributed by atoms with van der Waals surface area (Å²) in [5.41, 5.74) is -2.08. The highest BCUT2D eigenvalue weighted by molar-refractivity contribution is 9.12. The zero-order valence-electron chi connectivity index (χ0n) is 32.8. The minimum absolute atomic E-state index is 0.123. The average Bonchev–Trinajstić information content (AvgIpc) is 3.20. The Bertz CT molecular complexity index is 2000. The van der Waals surface area contributed by atoms with Gasteiger partial charge >= 0.3 is 0 Å². The maximum absolute atomic E-state index is 15.3. The lowest BCUT2D eigenvalue weighted by atomic mass is 10.0. The number of anilines is 2. The van der Waals surface area contributed by atoms with Gasteiger partial charge in [0.2, 0.25) is 11.8 Å². The zero-order valence-corrected chi connectivity index (χ0v) is 42.3. The van der Waals surface area contributed by atoms with Gasteiger partial charge in [0.05, 0.1) is 109 Å². The van der Waals surface area contributed by atoms with E-state index in [1.807, 2.05) is 0 Å². The van der Waals surface area contributed by atoms with Crippen LogP contribution >= 0.6 is 95.6 Å². The van der Waals surface area contributed by atoms with E-state index >= 15 is 4.79 Å². The summed E-state index contributed by atoms with van der Waals surface area (Å²) < 4.78 is -1.24. The lowest BCUT2D eigenvalue weighted by Crippen LogP contribution is -2.42. The summed E-state index contributed by atoms with van der Waals surface area (Å²) in [6.07, 6.45) is -6.59. The fourth-order valence-electron chi connectivity index (χ4n) is 5.24. The highest BCUT2D eigenvalue weighted by Gasteiger charge is 2.38. The van der Waals surface area contributed by atoms with E-state index in [0.717, 1.165) is 19.6 Å². The Kier molecular flexibility index (Phi) is 22.3. The summed E-state index contributed by atoms with van der Waals surface area (Å²) in [5, 5.41) is 84.3. The van der Waals surface area contributed by atoms with Gasteiger partial charge in [0.15, 0.2) is 0 Å². The maximum Gasteiger partial charge on any atom is 0.260 e. The molecule has 26 heteroatoms. The van der Waals surface area contributed by atoms with E-state index in [1.165, 1.54) is 28.2 Å². The van der Waals surface area contributed by atoms with Crippen molar-refractivity contribution in [3.05, 3.63) is 49.1 Å². The minimum atomic E-state index is -1.72. The van der Waals surface area contributed by atoms with Crippen molar-refractivity contribution in [1.82, 2.24) is 20.0 Å². The third-order valence-electron chi connectivity index (χ3n) is 8.47. The van der Waals surface area contributed by atoms with Crippen molar-refractivity contribution in [1.29, 1.82) is 0 Å². The molecule has 0 heterocycles. The molecule has 0 aliphatic rings. The van der Waals surface area contributed by atoms with E-state index in [2.05, 4.69) is 106 Å². The molecular formula is C35H44Br6N6O14. The molecule has 0 fully saturated rings. The summed E-state index contributed by atoms with van der Waals surface area (Å²) in [5.74, 6) is -5.33. The first-order valence-electron chi connectivity index (χ1n) is 17.6. The van der Waals surface area contributed by atoms with Crippen molar-refractivity contribution < 1.29 is 69.6 Å². The first-order chi connectivity index (χ1) is 28.4. The number of aliphatic hydroxyl groups is 8. The van der Waals surface area contributed by atoms with Gasteiger partial charge in [-0.05, 0) is 95.6 Å². The largest absolute Gasteiger partial charge is 0.394 e. The molecule has 4 unspecified atom stereocenters. The van der Waals surface area contributed by atoms with Crippen LogP contribution in [0.25, 0.3) is 0 Å². The first-order valence-corrected chi connectivity index (χ1v) is 22.3. The molecule has 6 amide bonds. The molecule has 0 aliphatic carbocycles. The van der Waals surface area contributed by atoms with Crippen molar-refractivity contribution in [2.45, 2.75) is 30.8 Å². The van der Waals surface area contributed by atoms with Gasteiger partial charge in [-0.3, -0.25) is 28.8 Å². The molecule has 0 bridgehead atoms. The molecule has 2 aromatic rings. The molecule has 0 saturated heterocycles. The van der Waals surface area contributed by atoms with E-state index in [-0.39, 0.29) is 54.9 Å². The van der Waals surface area contributed by atoms with Crippen molar-refractivity contribution in [3.63, 3.8) is 0 Å². The second kappa shape index (κ2) is 24.8. The lowest BCUT2D eigenvalue weighted by molar-refractivity contribution is -0.132. The Morgan fingerprint density at radius 1 is 0.541 bits per heavy atom. The van der Waals surface area contributed by atoms with Gasteiger partial charge in [0, 0.05) is 56.8 Å². The van der Waals surface area contributed by atoms with Crippen LogP contribution in [0.1, 0.15) is 47.9 Å². The molecule has 0 aliphatic heterocycles. The van der Waals surface area contributed by atoms with Gasteiger partial charge in [-0.1, -0.05) is 0 Å². The number of carbonyl (C=O) groups is 6. The fraction of sp³-hybridized carbons (Fsp3) is 0.486. The third-order valence-corrected chi connectivity index (χ3v) is 13.2. The number of likely N-dealkylation sites (N-methyl/N-ethyl adjacent to an activating group) is 2. The predicted molar refractivity (Wildman–Crippen MR) is 241 cm³/mol. The molecule has 2 rings (SSSR count). The van der Waals surface area contributed by atoms with E-state index < -0.39 is 124 Å². The number of amides is 6. The molecule has 20 nitrogen and oxygen atoms in total. The van der Waals surface area contributed by atoms with Crippen LogP contribution in [0.2, 0.25) is 0 Å². The first kappa shape index (κ1) is 55.0. The topological polar surface area (TPSA) is 301 Å². The minimum Gasteiger partial charge on any atom is -0.394 e. The molecule has 61 heavy (non-hydrogen) atoms. The molecule has 0 aromatic heterocycles. The van der Waals surface area contributed by atoms with Crippen LogP contribution in [0.4, 0.5) is 11.4 Å². The van der Waals surface area contributed by atoms with Crippen molar-refractivity contribution in [2.24, 2.45) is 0 Å². The SMILES string of the molecule is CN(C)C(=O)CC(=O)Nc1c(Br)c(C(=O)N(C)CC(O)CO)c(Br)c(C(=O)N(CC(O)CO)c2c(Br)c(C(=O)NCC(O)CO)c(Br)c(C(=O)N(C)CC(O)CO)c2Br)c1Br. The number of aliphatic hydroxyl groups excluding tert-OH is 8. The second-order valence-electron chi connectivity index (χ2n) is 13.5. The quantitative estimate of drug-likeness (QED) is 0.0814. The second-order valence-corrected chi connectivity index (χ2v) is 18.2. The number of nitrogens with one attached hydrogen (secondary N) is 2. The van der Waals surface area contributed by atoms with Gasteiger partial charge in [-0.25, -0.2) is 0 Å². The van der Waals surface area contributed by atoms with Crippen LogP contribution in [0.3, 0.4) is 0 Å². The summed E-state index contributed by atoms with van der Waals surface area (Å²) >= 11 is 20.0. The molecule has 2 aromatic carbocycles. The zero-order chi connectivity index (χ0) is 46.8. The predicted octanol–water partition coefficient (Wildman–Crippen LogP) is 0.612. The number of halogens is 6. The number of benzene rings is 2. The Balaban J connectivity index is 3.20. The summed E-state index contributed by atoms with van der Waals surface area (Å²) in [6.45, 7) is -5.18. The van der Waals surface area contributed by atoms with Gasteiger partial charge < -0.3 is 71.1 Å². The van der Waals surface area contributed by atoms with Crippen molar-refractivity contribution in [3.8, 4) is 0 Å². The van der Waals surface area contributed by atoms with E-state index in [1.54, 1.807) is 0 Å². The number of rotatable bonds is 20. The third kappa shape index (κ3) is 13.7. The van der Waals surface area contributed by atoms with Crippen LogP contribution in [-0.2, 0) is 9.59 Å². The van der Waals surface area contributed by atoms with Crippen LogP contribution in [0, 0.1) is 0 Å². The van der Waals surface area contributed by atoms with Gasteiger partial charge in [-0.2, -0.15) is 0 Å². The van der Waals surface area contributed by atoms with Crippen molar-refractivity contribution >= 4 is 142 Å². The molecular weight excluding hydrogens is 1210 g/mol. The molecule has 4 atom stereocenters. The summed E-state index contributed by atoms with van der Waals surface area (Å²) in [4.78, 5) is 87.0. The Morgan fingerprint density at radius 2 is 0.934 bits per heavy atom. The molecule has 0 saturated carbocycles. The van der Waals surface area contributed by atoms with Crippen LogP contribution in [0.5, 0.6) is 0 Å². The van der Waals surface area contributed by atoms with Crippen LogP contribution < -0.4 is 15.5 Å². The Labute approximate surface area is 400 Å². The Hall–Kier alpha value is -2.18. The van der Waals surface area contributed by atoms with Crippen LogP contribution in [-0.4, -0.2) is 196 Å². The average molecular weight is 1250 g/mol. The standard InChI is InChI=1S/C35H44Br6N6O14/c1-44(2)19(57)5-18(56)43-30-26(38)21(33(59)45(3)7-15(53)11-49)25(37)22(27(30)39)35(61)47(9-17(55)13-51)31-28(40)20(32(58)42-6-14(52)10-48)24(36)23(29(31)41)34(60)46(4)8-16(54)12-50/h14-17,48-55H,5-13H2,1-4H3,(H,42,58)(H,43,56). The fourth-order valence-corrected chi connectivity index (χ4v) is 11.2. The monoisotopic (exact) mass is 1250 g/mol. The Morgan fingerprint density at radius 3 is 1.38 bits per heavy atom. The molecule has 0 spiro atoms. The van der Waals surface area contributed by atoms with E-state index in [0.29, 0.717) is 0 Å². The highest BCUT2D eigenvalue weighted by Crippen LogP contribution is 2.48. The summed E-state index contributed by atoms with van der Waals surface area (Å²) in [6, 6.07) is 0. The smallest absolute Gasteiger partial charge is 0.260 e. The normalized spacial score (nSPS) is 13.1. The highest BCUT2D eigenvalue weighted by atomic mass is 79.9. The molecule has 340 valence electrons. The molecule has 10 N–H and O–H groups in total. The number of carbonyl (C=O) groups excluding carboxylic acids is 6.